The topological polar surface area (TPSA) is 35.5 Å². The van der Waals surface area contributed by atoms with E-state index >= 15 is 0 Å². The van der Waals surface area contributed by atoms with Gasteiger partial charge in [0.25, 0.3) is 0 Å². The number of phenolic OH excluding ortho intramolecular Hbond substituents is 1. The summed E-state index contributed by atoms with van der Waals surface area (Å²) < 4.78 is 0. The van der Waals surface area contributed by atoms with E-state index in [1.165, 1.54) is 38.0 Å². The molecule has 17 heavy (non-hydrogen) atoms. The zero-order valence-corrected chi connectivity index (χ0v) is 10.1. The van der Waals surface area contributed by atoms with Crippen LogP contribution in [-0.2, 0) is 6.54 Å². The molecule has 2 atom stereocenters. The van der Waals surface area contributed by atoms with Crippen molar-refractivity contribution in [1.82, 2.24) is 10.2 Å². The third-order valence-electron chi connectivity index (χ3n) is 4.06. The van der Waals surface area contributed by atoms with Crippen LogP contribution in [0.3, 0.4) is 0 Å². The third-order valence-corrected chi connectivity index (χ3v) is 4.06. The molecule has 3 heteroatoms. The average Bonchev–Trinajstić information content (AvgIpc) is 2.76. The summed E-state index contributed by atoms with van der Waals surface area (Å²) in [6.45, 7) is 4.53. The SMILES string of the molecule is Oc1cccc(CN2CCC3NCCC3C2)c1. The van der Waals surface area contributed by atoms with Crippen LogP contribution in [0.5, 0.6) is 5.75 Å². The molecule has 2 aliphatic heterocycles. The summed E-state index contributed by atoms with van der Waals surface area (Å²) >= 11 is 0. The number of piperidine rings is 1. The number of aromatic hydroxyl groups is 1. The Morgan fingerprint density at radius 3 is 3.18 bits per heavy atom. The number of hydrogen-bond acceptors (Lipinski definition) is 3. The second-order valence-corrected chi connectivity index (χ2v) is 5.30. The van der Waals surface area contributed by atoms with Crippen molar-refractivity contribution in [3.05, 3.63) is 29.8 Å². The zero-order chi connectivity index (χ0) is 11.7. The minimum atomic E-state index is 0.375. The number of fused-ring (bicyclic) bond motifs is 1. The number of hydrogen-bond donors (Lipinski definition) is 2. The predicted molar refractivity (Wildman–Crippen MR) is 67.9 cm³/mol. The zero-order valence-electron chi connectivity index (χ0n) is 10.1. The van der Waals surface area contributed by atoms with Gasteiger partial charge in [0.05, 0.1) is 0 Å². The van der Waals surface area contributed by atoms with Gasteiger partial charge in [0.15, 0.2) is 0 Å². The Morgan fingerprint density at radius 1 is 1.35 bits per heavy atom. The molecule has 2 aliphatic rings. The van der Waals surface area contributed by atoms with Crippen molar-refractivity contribution >= 4 is 0 Å². The van der Waals surface area contributed by atoms with Gasteiger partial charge in [0.2, 0.25) is 0 Å². The van der Waals surface area contributed by atoms with E-state index < -0.39 is 0 Å². The van der Waals surface area contributed by atoms with E-state index in [-0.39, 0.29) is 0 Å². The van der Waals surface area contributed by atoms with Crippen molar-refractivity contribution < 1.29 is 5.11 Å². The van der Waals surface area contributed by atoms with Crippen molar-refractivity contribution in [2.45, 2.75) is 25.4 Å². The molecule has 92 valence electrons. The van der Waals surface area contributed by atoms with Crippen molar-refractivity contribution in [3.63, 3.8) is 0 Å². The Kier molecular flexibility index (Phi) is 3.04. The highest BCUT2D eigenvalue weighted by atomic mass is 16.3. The molecule has 3 nitrogen and oxygen atoms in total. The van der Waals surface area contributed by atoms with Crippen LogP contribution in [0.15, 0.2) is 24.3 Å². The quantitative estimate of drug-likeness (QED) is 0.812. The van der Waals surface area contributed by atoms with Gasteiger partial charge in [0, 0.05) is 19.1 Å². The summed E-state index contributed by atoms with van der Waals surface area (Å²) in [6, 6.07) is 8.39. The lowest BCUT2D eigenvalue weighted by atomic mass is 9.93. The fraction of sp³-hybridized carbons (Fsp3) is 0.571. The number of phenols is 1. The molecular formula is C14H20N2O. The van der Waals surface area contributed by atoms with Crippen LogP contribution >= 0.6 is 0 Å². The predicted octanol–water partition coefficient (Wildman–Crippen LogP) is 1.58. The molecule has 2 N–H and O–H groups in total. The van der Waals surface area contributed by atoms with Crippen LogP contribution in [0, 0.1) is 5.92 Å². The van der Waals surface area contributed by atoms with Gasteiger partial charge in [-0.1, -0.05) is 12.1 Å². The first-order valence-corrected chi connectivity index (χ1v) is 6.55. The molecule has 2 fully saturated rings. The Labute approximate surface area is 102 Å². The monoisotopic (exact) mass is 232 g/mol. The van der Waals surface area contributed by atoms with E-state index in [0.29, 0.717) is 5.75 Å². The van der Waals surface area contributed by atoms with Gasteiger partial charge in [-0.2, -0.15) is 0 Å². The third kappa shape index (κ3) is 2.45. The van der Waals surface area contributed by atoms with Crippen LogP contribution in [0.1, 0.15) is 18.4 Å². The summed E-state index contributed by atoms with van der Waals surface area (Å²) in [7, 11) is 0. The molecule has 0 aromatic heterocycles. The summed E-state index contributed by atoms with van der Waals surface area (Å²) in [4.78, 5) is 2.52. The fourth-order valence-electron chi connectivity index (χ4n) is 3.18. The minimum absolute atomic E-state index is 0.375. The molecular weight excluding hydrogens is 212 g/mol. The van der Waals surface area contributed by atoms with E-state index in [0.717, 1.165) is 18.5 Å². The maximum absolute atomic E-state index is 9.46. The van der Waals surface area contributed by atoms with Crippen molar-refractivity contribution in [3.8, 4) is 5.75 Å². The van der Waals surface area contributed by atoms with E-state index in [1.807, 2.05) is 12.1 Å². The average molecular weight is 232 g/mol. The van der Waals surface area contributed by atoms with Crippen LogP contribution in [0.25, 0.3) is 0 Å². The largest absolute Gasteiger partial charge is 0.508 e. The van der Waals surface area contributed by atoms with Gasteiger partial charge >= 0.3 is 0 Å². The summed E-state index contributed by atoms with van der Waals surface area (Å²) in [5.41, 5.74) is 1.22. The molecule has 1 aromatic rings. The number of rotatable bonds is 2. The van der Waals surface area contributed by atoms with Crippen molar-refractivity contribution in [2.75, 3.05) is 19.6 Å². The number of nitrogens with zero attached hydrogens (tertiary/aromatic N) is 1. The minimum Gasteiger partial charge on any atom is -0.508 e. The van der Waals surface area contributed by atoms with Crippen LogP contribution < -0.4 is 5.32 Å². The Morgan fingerprint density at radius 2 is 2.29 bits per heavy atom. The standard InChI is InChI=1S/C14H20N2O/c17-13-3-1-2-11(8-13)9-16-7-5-14-12(10-16)4-6-15-14/h1-3,8,12,14-15,17H,4-7,9-10H2. The van der Waals surface area contributed by atoms with E-state index in [9.17, 15) is 5.11 Å². The first kappa shape index (κ1) is 11.1. The van der Waals surface area contributed by atoms with E-state index in [1.54, 1.807) is 6.07 Å². The Bertz CT molecular complexity index is 394. The maximum Gasteiger partial charge on any atom is 0.115 e. The molecule has 2 saturated heterocycles. The first-order chi connectivity index (χ1) is 8.31. The molecule has 2 unspecified atom stereocenters. The van der Waals surface area contributed by atoms with Gasteiger partial charge in [-0.3, -0.25) is 4.90 Å². The Balaban J connectivity index is 1.62. The lowest BCUT2D eigenvalue weighted by Crippen LogP contribution is -2.43. The van der Waals surface area contributed by atoms with Crippen LogP contribution in [-0.4, -0.2) is 35.7 Å². The molecule has 0 spiro atoms. The number of likely N-dealkylation sites (tertiary alicyclic amines) is 1. The van der Waals surface area contributed by atoms with Gasteiger partial charge in [-0.05, 0) is 49.5 Å². The van der Waals surface area contributed by atoms with Gasteiger partial charge in [-0.25, -0.2) is 0 Å². The Hall–Kier alpha value is -1.06. The van der Waals surface area contributed by atoms with Crippen LogP contribution in [0.2, 0.25) is 0 Å². The second kappa shape index (κ2) is 4.67. The smallest absolute Gasteiger partial charge is 0.115 e. The normalized spacial score (nSPS) is 29.2. The second-order valence-electron chi connectivity index (χ2n) is 5.30. The fourth-order valence-corrected chi connectivity index (χ4v) is 3.18. The highest BCUT2D eigenvalue weighted by Crippen LogP contribution is 2.25. The van der Waals surface area contributed by atoms with Crippen molar-refractivity contribution in [1.29, 1.82) is 0 Å². The highest BCUT2D eigenvalue weighted by molar-refractivity contribution is 5.27. The first-order valence-electron chi connectivity index (χ1n) is 6.55. The van der Waals surface area contributed by atoms with Crippen LogP contribution in [0.4, 0.5) is 0 Å². The molecule has 0 radical (unpaired) electrons. The lowest BCUT2D eigenvalue weighted by Gasteiger charge is -2.34. The molecule has 0 amide bonds. The van der Waals surface area contributed by atoms with E-state index in [2.05, 4.69) is 16.3 Å². The highest BCUT2D eigenvalue weighted by Gasteiger charge is 2.32. The number of nitrogens with one attached hydrogen (secondary N) is 1. The molecule has 2 heterocycles. The molecule has 0 aliphatic carbocycles. The molecule has 1 aromatic carbocycles. The summed E-state index contributed by atoms with van der Waals surface area (Å²) in [5, 5.41) is 13.0. The van der Waals surface area contributed by atoms with Gasteiger partial charge in [0.1, 0.15) is 5.75 Å². The van der Waals surface area contributed by atoms with Gasteiger partial charge < -0.3 is 10.4 Å². The summed E-state index contributed by atoms with van der Waals surface area (Å²) in [5.74, 6) is 1.21. The molecule has 0 saturated carbocycles. The number of benzene rings is 1. The lowest BCUT2D eigenvalue weighted by molar-refractivity contribution is 0.156. The van der Waals surface area contributed by atoms with Gasteiger partial charge in [-0.15, -0.1) is 0 Å². The molecule has 0 bridgehead atoms. The maximum atomic E-state index is 9.46. The molecule has 3 rings (SSSR count). The van der Waals surface area contributed by atoms with Crippen molar-refractivity contribution in [2.24, 2.45) is 5.92 Å². The summed E-state index contributed by atoms with van der Waals surface area (Å²) in [6.07, 6.45) is 2.59. The van der Waals surface area contributed by atoms with E-state index in [4.69, 9.17) is 0 Å².